The molecule has 2 rings (SSSR count). The van der Waals surface area contributed by atoms with Crippen LogP contribution in [-0.4, -0.2) is 27.7 Å². The summed E-state index contributed by atoms with van der Waals surface area (Å²) in [4.78, 5) is 19.5. The van der Waals surface area contributed by atoms with E-state index in [1.54, 1.807) is 13.0 Å². The van der Waals surface area contributed by atoms with Crippen molar-refractivity contribution >= 4 is 5.97 Å². The van der Waals surface area contributed by atoms with Crippen LogP contribution in [0.4, 0.5) is 0 Å². The zero-order chi connectivity index (χ0) is 17.7. The van der Waals surface area contributed by atoms with Crippen molar-refractivity contribution in [3.05, 3.63) is 41.7 Å². The zero-order valence-electron chi connectivity index (χ0n) is 13.9. The number of rotatable bonds is 6. The predicted octanol–water partition coefficient (Wildman–Crippen LogP) is 3.47. The Kier molecular flexibility index (Phi) is 5.14. The van der Waals surface area contributed by atoms with Gasteiger partial charge in [0.2, 0.25) is 0 Å². The number of carboxylic acids is 1. The fraction of sp³-hybridized carbons (Fsp3) is 0.333. The van der Waals surface area contributed by atoms with E-state index >= 15 is 0 Å². The van der Waals surface area contributed by atoms with Gasteiger partial charge in [-0.25, -0.2) is 14.8 Å². The Bertz CT molecular complexity index is 794. The van der Waals surface area contributed by atoms with Crippen LogP contribution in [-0.2, 0) is 0 Å². The fourth-order valence-corrected chi connectivity index (χ4v) is 2.06. The summed E-state index contributed by atoms with van der Waals surface area (Å²) in [6.45, 7) is 5.75. The van der Waals surface area contributed by atoms with Gasteiger partial charge >= 0.3 is 5.97 Å². The van der Waals surface area contributed by atoms with Crippen molar-refractivity contribution in [2.24, 2.45) is 5.41 Å². The third-order valence-corrected chi connectivity index (χ3v) is 3.62. The molecule has 0 bridgehead atoms. The van der Waals surface area contributed by atoms with Crippen LogP contribution in [0.5, 0.6) is 5.75 Å². The van der Waals surface area contributed by atoms with Gasteiger partial charge in [0.15, 0.2) is 5.82 Å². The number of nitrogens with zero attached hydrogens (tertiary/aromatic N) is 3. The average molecular weight is 325 g/mol. The maximum atomic E-state index is 11.1. The second-order valence-corrected chi connectivity index (χ2v) is 6.09. The van der Waals surface area contributed by atoms with Crippen LogP contribution in [0.3, 0.4) is 0 Å². The van der Waals surface area contributed by atoms with E-state index in [2.05, 4.69) is 16.0 Å². The first-order chi connectivity index (χ1) is 11.3. The summed E-state index contributed by atoms with van der Waals surface area (Å²) in [6.07, 6.45) is 1.89. The molecule has 0 amide bonds. The lowest BCUT2D eigenvalue weighted by molar-refractivity contribution is 0.0695. The van der Waals surface area contributed by atoms with Gasteiger partial charge < -0.3 is 9.84 Å². The van der Waals surface area contributed by atoms with E-state index in [0.717, 1.165) is 0 Å². The van der Waals surface area contributed by atoms with Gasteiger partial charge in [-0.3, -0.25) is 0 Å². The minimum Gasteiger partial charge on any atom is -0.493 e. The number of carboxylic acid groups (broad SMARTS) is 1. The molecule has 24 heavy (non-hydrogen) atoms. The molecule has 6 heteroatoms. The molecule has 6 nitrogen and oxygen atoms in total. The van der Waals surface area contributed by atoms with E-state index in [9.17, 15) is 4.79 Å². The van der Waals surface area contributed by atoms with E-state index in [0.29, 0.717) is 35.9 Å². The Labute approximate surface area is 140 Å². The molecule has 0 aliphatic rings. The minimum atomic E-state index is -1.05. The second-order valence-electron chi connectivity index (χ2n) is 6.09. The molecule has 0 saturated carbocycles. The van der Waals surface area contributed by atoms with Gasteiger partial charge in [-0.05, 0) is 39.3 Å². The van der Waals surface area contributed by atoms with E-state index in [-0.39, 0.29) is 5.56 Å². The van der Waals surface area contributed by atoms with Crippen molar-refractivity contribution in [1.29, 1.82) is 5.26 Å². The van der Waals surface area contributed by atoms with Crippen molar-refractivity contribution < 1.29 is 14.6 Å². The largest absolute Gasteiger partial charge is 0.493 e. The van der Waals surface area contributed by atoms with Gasteiger partial charge in [0, 0.05) is 6.20 Å². The monoisotopic (exact) mass is 325 g/mol. The van der Waals surface area contributed by atoms with Crippen LogP contribution in [0.1, 0.15) is 36.3 Å². The molecule has 0 atom stereocenters. The van der Waals surface area contributed by atoms with Crippen molar-refractivity contribution in [3.63, 3.8) is 0 Å². The summed E-state index contributed by atoms with van der Waals surface area (Å²) in [5.74, 6) is -0.0383. The molecule has 1 aromatic heterocycles. The van der Waals surface area contributed by atoms with Crippen LogP contribution < -0.4 is 4.74 Å². The number of benzene rings is 1. The SMILES string of the molecule is Cc1nc(-c2ccccc2OCCC(C)(C)C#N)ncc1C(=O)O. The Morgan fingerprint density at radius 3 is 2.71 bits per heavy atom. The highest BCUT2D eigenvalue weighted by molar-refractivity contribution is 5.88. The Morgan fingerprint density at radius 1 is 1.38 bits per heavy atom. The number of aromatic carboxylic acids is 1. The highest BCUT2D eigenvalue weighted by atomic mass is 16.5. The van der Waals surface area contributed by atoms with Crippen LogP contribution in [0, 0.1) is 23.7 Å². The lowest BCUT2D eigenvalue weighted by Crippen LogP contribution is -2.13. The molecular weight excluding hydrogens is 306 g/mol. The zero-order valence-corrected chi connectivity index (χ0v) is 13.9. The smallest absolute Gasteiger partial charge is 0.339 e. The molecule has 0 aliphatic carbocycles. The normalized spacial score (nSPS) is 10.9. The second kappa shape index (κ2) is 7.09. The van der Waals surface area contributed by atoms with E-state index in [1.165, 1.54) is 6.20 Å². The molecule has 0 unspecified atom stereocenters. The topological polar surface area (TPSA) is 96.1 Å². The van der Waals surface area contributed by atoms with Crippen molar-refractivity contribution in [2.45, 2.75) is 27.2 Å². The number of ether oxygens (including phenoxy) is 1. The Morgan fingerprint density at radius 2 is 2.08 bits per heavy atom. The highest BCUT2D eigenvalue weighted by Crippen LogP contribution is 2.28. The van der Waals surface area contributed by atoms with E-state index in [1.807, 2.05) is 32.0 Å². The summed E-state index contributed by atoms with van der Waals surface area (Å²) in [5.41, 5.74) is 0.707. The van der Waals surface area contributed by atoms with Crippen LogP contribution in [0.25, 0.3) is 11.4 Å². The minimum absolute atomic E-state index is 0.0768. The number of carbonyl (C=O) groups is 1. The summed E-state index contributed by atoms with van der Waals surface area (Å²) in [6, 6.07) is 9.54. The van der Waals surface area contributed by atoms with Gasteiger partial charge in [-0.1, -0.05) is 12.1 Å². The fourth-order valence-electron chi connectivity index (χ4n) is 2.06. The van der Waals surface area contributed by atoms with Gasteiger partial charge in [0.1, 0.15) is 5.75 Å². The molecule has 124 valence electrons. The molecule has 1 aromatic carbocycles. The first kappa shape index (κ1) is 17.4. The van der Waals surface area contributed by atoms with Crippen molar-refractivity contribution in [2.75, 3.05) is 6.61 Å². The summed E-state index contributed by atoms with van der Waals surface area (Å²) < 4.78 is 5.80. The maximum absolute atomic E-state index is 11.1. The molecule has 0 spiro atoms. The Balaban J connectivity index is 2.25. The number of hydrogen-bond acceptors (Lipinski definition) is 5. The van der Waals surface area contributed by atoms with Gasteiger partial charge in [-0.15, -0.1) is 0 Å². The summed E-state index contributed by atoms with van der Waals surface area (Å²) in [5, 5.41) is 18.1. The van der Waals surface area contributed by atoms with Crippen molar-refractivity contribution in [1.82, 2.24) is 9.97 Å². The summed E-state index contributed by atoms with van der Waals surface area (Å²) >= 11 is 0. The molecule has 0 radical (unpaired) electrons. The molecule has 0 saturated heterocycles. The van der Waals surface area contributed by atoms with Crippen LogP contribution >= 0.6 is 0 Å². The molecule has 1 N–H and O–H groups in total. The van der Waals surface area contributed by atoms with Crippen LogP contribution in [0.15, 0.2) is 30.5 Å². The summed E-state index contributed by atoms with van der Waals surface area (Å²) in [7, 11) is 0. The Hall–Kier alpha value is -2.94. The lowest BCUT2D eigenvalue weighted by atomic mass is 9.92. The highest BCUT2D eigenvalue weighted by Gasteiger charge is 2.18. The van der Waals surface area contributed by atoms with Gasteiger partial charge in [-0.2, -0.15) is 5.26 Å². The van der Waals surface area contributed by atoms with E-state index < -0.39 is 11.4 Å². The number of aromatic nitrogens is 2. The number of aryl methyl sites for hydroxylation is 1. The lowest BCUT2D eigenvalue weighted by Gasteiger charge is -2.16. The average Bonchev–Trinajstić information content (AvgIpc) is 2.54. The first-order valence-electron chi connectivity index (χ1n) is 7.54. The maximum Gasteiger partial charge on any atom is 0.339 e. The van der Waals surface area contributed by atoms with Gasteiger partial charge in [0.25, 0.3) is 0 Å². The molecule has 0 aliphatic heterocycles. The molecular formula is C18H19N3O3. The van der Waals surface area contributed by atoms with Gasteiger partial charge in [0.05, 0.1) is 34.9 Å². The first-order valence-corrected chi connectivity index (χ1v) is 7.54. The molecule has 1 heterocycles. The number of para-hydroxylation sites is 1. The molecule has 2 aromatic rings. The van der Waals surface area contributed by atoms with E-state index in [4.69, 9.17) is 15.1 Å². The van der Waals surface area contributed by atoms with Crippen molar-refractivity contribution in [3.8, 4) is 23.2 Å². The quantitative estimate of drug-likeness (QED) is 0.873. The third-order valence-electron chi connectivity index (χ3n) is 3.62. The van der Waals surface area contributed by atoms with Crippen LogP contribution in [0.2, 0.25) is 0 Å². The number of nitriles is 1. The standard InChI is InChI=1S/C18H19N3O3/c1-12-14(17(22)23)10-20-16(21-12)13-6-4-5-7-15(13)24-9-8-18(2,3)11-19/h4-7,10H,8-9H2,1-3H3,(H,22,23). The number of hydrogen-bond donors (Lipinski definition) is 1. The third kappa shape index (κ3) is 4.07. The molecule has 0 fully saturated rings. The predicted molar refractivity (Wildman–Crippen MR) is 88.7 cm³/mol.